The summed E-state index contributed by atoms with van der Waals surface area (Å²) >= 11 is 0. The summed E-state index contributed by atoms with van der Waals surface area (Å²) in [5.41, 5.74) is -0.172. The van der Waals surface area contributed by atoms with Crippen molar-refractivity contribution in [1.82, 2.24) is 15.5 Å². The van der Waals surface area contributed by atoms with Crippen molar-refractivity contribution in [3.05, 3.63) is 35.1 Å². The molecule has 2 heterocycles. The molecule has 1 aromatic rings. The monoisotopic (exact) mass is 439 g/mol. The van der Waals surface area contributed by atoms with Crippen LogP contribution in [0.4, 0.5) is 4.39 Å². The fourth-order valence-electron chi connectivity index (χ4n) is 4.95. The van der Waals surface area contributed by atoms with E-state index in [2.05, 4.69) is 26.6 Å². The zero-order valence-corrected chi connectivity index (χ0v) is 18.5. The number of fused-ring (bicyclic) bond motifs is 1. The highest BCUT2D eigenvalue weighted by Crippen LogP contribution is 2.30. The highest BCUT2D eigenvalue weighted by molar-refractivity contribution is 6.23. The van der Waals surface area contributed by atoms with Gasteiger partial charge in [0.1, 0.15) is 23.2 Å². The second-order valence-corrected chi connectivity index (χ2v) is 9.36. The van der Waals surface area contributed by atoms with Gasteiger partial charge in [-0.3, -0.25) is 14.6 Å². The fourth-order valence-corrected chi connectivity index (χ4v) is 4.95. The smallest absolute Gasteiger partial charge is 0.257 e. The van der Waals surface area contributed by atoms with Gasteiger partial charge in [0.2, 0.25) is 5.91 Å². The number of amidine groups is 1. The van der Waals surface area contributed by atoms with Crippen LogP contribution in [-0.4, -0.2) is 54.3 Å². The number of aliphatic imine (C=N–C) groups is 1. The molecule has 0 radical (unpaired) electrons. The highest BCUT2D eigenvalue weighted by Gasteiger charge is 2.38. The van der Waals surface area contributed by atoms with Crippen molar-refractivity contribution in [2.24, 2.45) is 10.9 Å². The molecule has 4 rings (SSSR count). The number of nitrogens with zero attached hydrogens (tertiary/aromatic N) is 3. The molecule has 32 heavy (non-hydrogen) atoms. The van der Waals surface area contributed by atoms with Crippen LogP contribution >= 0.6 is 0 Å². The summed E-state index contributed by atoms with van der Waals surface area (Å²) in [6.07, 6.45) is 7.23. The first-order valence-corrected chi connectivity index (χ1v) is 11.5. The number of rotatable bonds is 5. The van der Waals surface area contributed by atoms with Crippen molar-refractivity contribution in [3.8, 4) is 6.07 Å². The summed E-state index contributed by atoms with van der Waals surface area (Å²) in [5, 5.41) is 15.5. The molecule has 0 aromatic heterocycles. The van der Waals surface area contributed by atoms with Crippen LogP contribution < -0.4 is 10.6 Å². The summed E-state index contributed by atoms with van der Waals surface area (Å²) in [4.78, 5) is 32.5. The Hall–Kier alpha value is -2.79. The predicted octanol–water partition coefficient (Wildman–Crippen LogP) is 2.76. The normalized spacial score (nSPS) is 23.3. The summed E-state index contributed by atoms with van der Waals surface area (Å²) in [6, 6.07) is 5.53. The van der Waals surface area contributed by atoms with Gasteiger partial charge in [-0.2, -0.15) is 5.26 Å². The zero-order valence-electron chi connectivity index (χ0n) is 18.5. The molecule has 1 aliphatic carbocycles. The van der Waals surface area contributed by atoms with Crippen LogP contribution in [-0.2, 0) is 4.79 Å². The number of hydrogen-bond donors (Lipinski definition) is 2. The van der Waals surface area contributed by atoms with Gasteiger partial charge in [0, 0.05) is 18.7 Å². The third-order valence-electron chi connectivity index (χ3n) is 7.00. The second-order valence-electron chi connectivity index (χ2n) is 9.36. The van der Waals surface area contributed by atoms with E-state index in [-0.39, 0.29) is 17.6 Å². The lowest BCUT2D eigenvalue weighted by atomic mass is 9.84. The Balaban J connectivity index is 1.60. The average Bonchev–Trinajstić information content (AvgIpc) is 3.10. The Labute approximate surface area is 188 Å². The SMILES string of the molecule is CN1CCC(C#N)(NC(=O)[C@H](CC2CCCCC2)N=C2NC(=O)c3ccc(F)cc32)CC1. The van der Waals surface area contributed by atoms with Crippen LogP contribution in [0.3, 0.4) is 0 Å². The molecule has 8 heteroatoms. The molecule has 1 aromatic carbocycles. The minimum absolute atomic E-state index is 0.231. The molecular weight excluding hydrogens is 409 g/mol. The second kappa shape index (κ2) is 9.37. The number of nitriles is 1. The molecule has 0 unspecified atom stereocenters. The Kier molecular flexibility index (Phi) is 6.56. The zero-order chi connectivity index (χ0) is 22.7. The summed E-state index contributed by atoms with van der Waals surface area (Å²) in [6.45, 7) is 1.47. The maximum Gasteiger partial charge on any atom is 0.257 e. The molecule has 0 spiro atoms. The quantitative estimate of drug-likeness (QED) is 0.737. The van der Waals surface area contributed by atoms with Gasteiger partial charge in [0.25, 0.3) is 5.91 Å². The Morgan fingerprint density at radius 3 is 2.72 bits per heavy atom. The van der Waals surface area contributed by atoms with Crippen LogP contribution in [0, 0.1) is 23.1 Å². The minimum atomic E-state index is -0.905. The number of halogens is 1. The molecule has 1 saturated heterocycles. The molecule has 2 aliphatic heterocycles. The molecular formula is C24H30FN5O2. The summed E-state index contributed by atoms with van der Waals surface area (Å²) in [7, 11) is 2.00. The predicted molar refractivity (Wildman–Crippen MR) is 119 cm³/mol. The number of hydrogen-bond acceptors (Lipinski definition) is 5. The number of nitrogens with one attached hydrogen (secondary N) is 2. The number of piperidine rings is 1. The Bertz CT molecular complexity index is 956. The molecule has 1 atom stereocenters. The largest absolute Gasteiger partial charge is 0.336 e. The van der Waals surface area contributed by atoms with E-state index >= 15 is 0 Å². The lowest BCUT2D eigenvalue weighted by Crippen LogP contribution is -2.56. The highest BCUT2D eigenvalue weighted by atomic mass is 19.1. The Morgan fingerprint density at radius 1 is 1.31 bits per heavy atom. The summed E-state index contributed by atoms with van der Waals surface area (Å²) < 4.78 is 13.9. The fraction of sp³-hybridized carbons (Fsp3) is 0.583. The molecule has 3 aliphatic rings. The molecule has 2 N–H and O–H groups in total. The van der Waals surface area contributed by atoms with E-state index in [9.17, 15) is 19.2 Å². The van der Waals surface area contributed by atoms with Crippen LogP contribution in [0.5, 0.6) is 0 Å². The lowest BCUT2D eigenvalue weighted by molar-refractivity contribution is -0.124. The van der Waals surface area contributed by atoms with Crippen molar-refractivity contribution in [3.63, 3.8) is 0 Å². The molecule has 170 valence electrons. The third-order valence-corrected chi connectivity index (χ3v) is 7.00. The van der Waals surface area contributed by atoms with E-state index in [0.717, 1.165) is 38.8 Å². The molecule has 2 amide bonds. The van der Waals surface area contributed by atoms with Crippen LogP contribution in [0.25, 0.3) is 0 Å². The van der Waals surface area contributed by atoms with Gasteiger partial charge in [-0.1, -0.05) is 32.1 Å². The van der Waals surface area contributed by atoms with Gasteiger partial charge in [-0.15, -0.1) is 0 Å². The van der Waals surface area contributed by atoms with Crippen molar-refractivity contribution >= 4 is 17.6 Å². The van der Waals surface area contributed by atoms with Gasteiger partial charge in [0.05, 0.1) is 11.6 Å². The van der Waals surface area contributed by atoms with Gasteiger partial charge < -0.3 is 15.5 Å². The number of amides is 2. The van der Waals surface area contributed by atoms with Gasteiger partial charge >= 0.3 is 0 Å². The maximum absolute atomic E-state index is 13.9. The van der Waals surface area contributed by atoms with Gasteiger partial charge in [0.15, 0.2) is 0 Å². The Morgan fingerprint density at radius 2 is 2.03 bits per heavy atom. The van der Waals surface area contributed by atoms with Gasteiger partial charge in [-0.05, 0) is 50.4 Å². The number of benzene rings is 1. The van der Waals surface area contributed by atoms with Gasteiger partial charge in [-0.25, -0.2) is 4.39 Å². The third kappa shape index (κ3) is 4.83. The average molecular weight is 440 g/mol. The number of likely N-dealkylation sites (tertiary alicyclic amines) is 1. The van der Waals surface area contributed by atoms with Crippen molar-refractivity contribution in [2.75, 3.05) is 20.1 Å². The van der Waals surface area contributed by atoms with Crippen LogP contribution in [0.2, 0.25) is 0 Å². The van der Waals surface area contributed by atoms with E-state index in [0.29, 0.717) is 36.3 Å². The first-order chi connectivity index (χ1) is 15.4. The molecule has 1 saturated carbocycles. The summed E-state index contributed by atoms with van der Waals surface area (Å²) in [5.74, 6) is -0.512. The first kappa shape index (κ1) is 22.4. The van der Waals surface area contributed by atoms with E-state index in [1.165, 1.54) is 24.6 Å². The van der Waals surface area contributed by atoms with Crippen molar-refractivity contribution in [2.45, 2.75) is 62.9 Å². The topological polar surface area (TPSA) is 97.6 Å². The van der Waals surface area contributed by atoms with E-state index < -0.39 is 17.4 Å². The van der Waals surface area contributed by atoms with Crippen LogP contribution in [0.15, 0.2) is 23.2 Å². The first-order valence-electron chi connectivity index (χ1n) is 11.5. The lowest BCUT2D eigenvalue weighted by Gasteiger charge is -2.37. The van der Waals surface area contributed by atoms with Crippen molar-refractivity contribution < 1.29 is 14.0 Å². The molecule has 7 nitrogen and oxygen atoms in total. The maximum atomic E-state index is 13.9. The van der Waals surface area contributed by atoms with Crippen LogP contribution in [0.1, 0.15) is 67.3 Å². The number of carbonyl (C=O) groups excluding carboxylic acids is 2. The minimum Gasteiger partial charge on any atom is -0.336 e. The van der Waals surface area contributed by atoms with E-state index in [1.54, 1.807) is 0 Å². The standard InChI is InChI=1S/C24H30FN5O2/c1-30-11-9-24(15-26,10-12-30)29-23(32)20(13-16-5-3-2-4-6-16)27-21-19-14-17(25)7-8-18(19)22(31)28-21/h7-8,14,16,20H,2-6,9-13H2,1H3,(H,29,32)(H,27,28,31)/t20-/m0/s1. The molecule has 0 bridgehead atoms. The molecule has 2 fully saturated rings. The van der Waals surface area contributed by atoms with Crippen molar-refractivity contribution in [1.29, 1.82) is 5.26 Å². The van der Waals surface area contributed by atoms with E-state index in [4.69, 9.17) is 0 Å². The number of carbonyl (C=O) groups is 2. The van der Waals surface area contributed by atoms with E-state index in [1.807, 2.05) is 7.05 Å².